The number of carbonyl (C=O) groups is 2. The molecule has 1 aliphatic heterocycles. The quantitative estimate of drug-likeness (QED) is 0.841. The van der Waals surface area contributed by atoms with Crippen molar-refractivity contribution < 1.29 is 9.59 Å². The first-order valence-corrected chi connectivity index (χ1v) is 8.27. The van der Waals surface area contributed by atoms with Crippen molar-refractivity contribution in [2.24, 2.45) is 5.92 Å². The zero-order valence-electron chi connectivity index (χ0n) is 12.9. The van der Waals surface area contributed by atoms with Gasteiger partial charge >= 0.3 is 0 Å². The molecule has 2 unspecified atom stereocenters. The summed E-state index contributed by atoms with van der Waals surface area (Å²) in [7, 11) is 0. The Morgan fingerprint density at radius 1 is 1.20 bits per heavy atom. The van der Waals surface area contributed by atoms with Crippen LogP contribution in [-0.4, -0.2) is 35.3 Å². The summed E-state index contributed by atoms with van der Waals surface area (Å²) < 4.78 is 0. The van der Waals surface area contributed by atoms with Gasteiger partial charge < -0.3 is 10.2 Å². The Labute approximate surface area is 122 Å². The van der Waals surface area contributed by atoms with Gasteiger partial charge in [0, 0.05) is 6.04 Å². The highest BCUT2D eigenvalue weighted by atomic mass is 16.2. The third-order valence-corrected chi connectivity index (χ3v) is 4.83. The van der Waals surface area contributed by atoms with E-state index in [1.165, 1.54) is 19.3 Å². The molecule has 1 N–H and O–H groups in total. The van der Waals surface area contributed by atoms with Crippen LogP contribution in [0.4, 0.5) is 0 Å². The Morgan fingerprint density at radius 2 is 1.90 bits per heavy atom. The maximum Gasteiger partial charge on any atom is 0.246 e. The first-order chi connectivity index (χ1) is 9.67. The molecule has 1 saturated heterocycles. The lowest BCUT2D eigenvalue weighted by molar-refractivity contribution is -0.149. The van der Waals surface area contributed by atoms with Crippen molar-refractivity contribution in [3.05, 3.63) is 0 Å². The molecule has 114 valence electrons. The third-order valence-electron chi connectivity index (χ3n) is 4.83. The number of hydrogen-bond acceptors (Lipinski definition) is 2. The van der Waals surface area contributed by atoms with Crippen molar-refractivity contribution >= 4 is 11.8 Å². The van der Waals surface area contributed by atoms with Gasteiger partial charge in [-0.3, -0.25) is 9.59 Å². The Kier molecular flexibility index (Phi) is 5.44. The minimum absolute atomic E-state index is 0.0229. The number of amides is 2. The van der Waals surface area contributed by atoms with Crippen LogP contribution in [0.1, 0.15) is 65.2 Å². The summed E-state index contributed by atoms with van der Waals surface area (Å²) >= 11 is 0. The number of piperazine rings is 1. The topological polar surface area (TPSA) is 49.4 Å². The summed E-state index contributed by atoms with van der Waals surface area (Å²) in [4.78, 5) is 26.6. The van der Waals surface area contributed by atoms with E-state index in [0.717, 1.165) is 32.1 Å². The van der Waals surface area contributed by atoms with Gasteiger partial charge in [0.15, 0.2) is 0 Å². The van der Waals surface area contributed by atoms with Crippen LogP contribution in [0, 0.1) is 5.92 Å². The van der Waals surface area contributed by atoms with Crippen molar-refractivity contribution in [2.45, 2.75) is 77.3 Å². The number of rotatable bonds is 5. The lowest BCUT2D eigenvalue weighted by Crippen LogP contribution is -2.62. The lowest BCUT2D eigenvalue weighted by Gasteiger charge is -2.41. The van der Waals surface area contributed by atoms with Crippen molar-refractivity contribution in [1.82, 2.24) is 10.2 Å². The Hall–Kier alpha value is -1.06. The second kappa shape index (κ2) is 7.09. The van der Waals surface area contributed by atoms with E-state index < -0.39 is 0 Å². The highest BCUT2D eigenvalue weighted by Crippen LogP contribution is 2.29. The van der Waals surface area contributed by atoms with E-state index in [1.807, 2.05) is 4.90 Å². The molecule has 4 nitrogen and oxygen atoms in total. The molecule has 0 spiro atoms. The summed E-state index contributed by atoms with van der Waals surface area (Å²) in [6.45, 7) is 4.49. The van der Waals surface area contributed by atoms with Gasteiger partial charge in [0.25, 0.3) is 0 Å². The van der Waals surface area contributed by atoms with Gasteiger partial charge in [0.1, 0.15) is 6.04 Å². The predicted octanol–water partition coefficient (Wildman–Crippen LogP) is 2.47. The average Bonchev–Trinajstić information content (AvgIpc) is 2.48. The molecule has 2 amide bonds. The third kappa shape index (κ3) is 3.33. The van der Waals surface area contributed by atoms with Crippen LogP contribution in [0.3, 0.4) is 0 Å². The van der Waals surface area contributed by atoms with Crippen LogP contribution in [0.15, 0.2) is 0 Å². The average molecular weight is 280 g/mol. The van der Waals surface area contributed by atoms with Gasteiger partial charge in [-0.1, -0.05) is 39.5 Å². The van der Waals surface area contributed by atoms with Crippen LogP contribution in [0.2, 0.25) is 0 Å². The monoisotopic (exact) mass is 280 g/mol. The fraction of sp³-hybridized carbons (Fsp3) is 0.875. The molecular formula is C16H28N2O2. The molecule has 2 atom stereocenters. The zero-order valence-corrected chi connectivity index (χ0v) is 12.9. The van der Waals surface area contributed by atoms with Gasteiger partial charge in [-0.05, 0) is 31.6 Å². The molecule has 1 aliphatic carbocycles. The van der Waals surface area contributed by atoms with E-state index in [9.17, 15) is 9.59 Å². The number of hydrogen-bond donors (Lipinski definition) is 1. The predicted molar refractivity (Wildman–Crippen MR) is 79.2 cm³/mol. The molecule has 4 heteroatoms. The van der Waals surface area contributed by atoms with Crippen LogP contribution in [0.25, 0.3) is 0 Å². The molecule has 0 aromatic rings. The molecule has 1 saturated carbocycles. The highest BCUT2D eigenvalue weighted by molar-refractivity contribution is 5.95. The molecule has 0 bridgehead atoms. The fourth-order valence-corrected chi connectivity index (χ4v) is 3.70. The molecule has 0 aromatic heterocycles. The smallest absolute Gasteiger partial charge is 0.246 e. The fourth-order valence-electron chi connectivity index (χ4n) is 3.70. The Bertz CT molecular complexity index is 332. The summed E-state index contributed by atoms with van der Waals surface area (Å²) in [6, 6.07) is -0.0351. The molecule has 20 heavy (non-hydrogen) atoms. The number of carbonyl (C=O) groups excluding carboxylic acids is 2. The van der Waals surface area contributed by atoms with E-state index in [4.69, 9.17) is 0 Å². The maximum absolute atomic E-state index is 12.8. The normalized spacial score (nSPS) is 26.5. The van der Waals surface area contributed by atoms with E-state index in [1.54, 1.807) is 0 Å². The molecule has 0 aromatic carbocycles. The molecule has 2 aliphatic rings. The first kappa shape index (κ1) is 15.3. The van der Waals surface area contributed by atoms with Crippen LogP contribution in [-0.2, 0) is 9.59 Å². The Morgan fingerprint density at radius 3 is 2.50 bits per heavy atom. The van der Waals surface area contributed by atoms with Crippen LogP contribution in [0.5, 0.6) is 0 Å². The minimum Gasteiger partial charge on any atom is -0.342 e. The van der Waals surface area contributed by atoms with Crippen molar-refractivity contribution in [2.75, 3.05) is 6.54 Å². The number of nitrogens with zero attached hydrogens (tertiary/aromatic N) is 1. The van der Waals surface area contributed by atoms with Gasteiger partial charge in [0.05, 0.1) is 6.54 Å². The van der Waals surface area contributed by atoms with E-state index in [2.05, 4.69) is 19.2 Å². The molecule has 2 rings (SSSR count). The van der Waals surface area contributed by atoms with Gasteiger partial charge in [-0.25, -0.2) is 0 Å². The first-order valence-electron chi connectivity index (χ1n) is 8.27. The molecule has 0 radical (unpaired) electrons. The standard InChI is InChI=1S/C16H28N2O2/c1-3-8-13(4-2)18-11-14(19)17-15(16(18)20)12-9-6-5-7-10-12/h12-13,15H,3-11H2,1-2H3,(H,17,19). The van der Waals surface area contributed by atoms with Gasteiger partial charge in [-0.15, -0.1) is 0 Å². The largest absolute Gasteiger partial charge is 0.342 e. The highest BCUT2D eigenvalue weighted by Gasteiger charge is 2.40. The minimum atomic E-state index is -0.262. The van der Waals surface area contributed by atoms with Crippen LogP contribution < -0.4 is 5.32 Å². The van der Waals surface area contributed by atoms with Crippen LogP contribution >= 0.6 is 0 Å². The summed E-state index contributed by atoms with van der Waals surface area (Å²) in [5, 5.41) is 2.96. The van der Waals surface area contributed by atoms with Crippen molar-refractivity contribution in [3.63, 3.8) is 0 Å². The molecule has 1 heterocycles. The summed E-state index contributed by atoms with van der Waals surface area (Å²) in [5.41, 5.74) is 0. The van der Waals surface area contributed by atoms with E-state index in [-0.39, 0.29) is 30.4 Å². The van der Waals surface area contributed by atoms with Crippen molar-refractivity contribution in [1.29, 1.82) is 0 Å². The maximum atomic E-state index is 12.8. The Balaban J connectivity index is 2.09. The molecule has 2 fully saturated rings. The van der Waals surface area contributed by atoms with Gasteiger partial charge in [-0.2, -0.15) is 0 Å². The molecular weight excluding hydrogens is 252 g/mol. The number of nitrogens with one attached hydrogen (secondary N) is 1. The lowest BCUT2D eigenvalue weighted by atomic mass is 9.82. The van der Waals surface area contributed by atoms with Gasteiger partial charge in [0.2, 0.25) is 11.8 Å². The zero-order chi connectivity index (χ0) is 14.5. The van der Waals surface area contributed by atoms with E-state index >= 15 is 0 Å². The second-order valence-corrected chi connectivity index (χ2v) is 6.26. The van der Waals surface area contributed by atoms with E-state index in [0.29, 0.717) is 5.92 Å². The summed E-state index contributed by atoms with van der Waals surface area (Å²) in [6.07, 6.45) is 8.79. The summed E-state index contributed by atoms with van der Waals surface area (Å²) in [5.74, 6) is 0.536. The SMILES string of the molecule is CCCC(CC)N1CC(=O)NC(C2CCCCC2)C1=O. The second-order valence-electron chi connectivity index (χ2n) is 6.26. The van der Waals surface area contributed by atoms with Crippen molar-refractivity contribution in [3.8, 4) is 0 Å².